The lowest BCUT2D eigenvalue weighted by Crippen LogP contribution is -2.27. The lowest BCUT2D eigenvalue weighted by Gasteiger charge is -2.17. The molecule has 0 heterocycles. The Kier molecular flexibility index (Phi) is 5.15. The van der Waals surface area contributed by atoms with Gasteiger partial charge in [0.1, 0.15) is 0 Å². The summed E-state index contributed by atoms with van der Waals surface area (Å²) in [5.74, 6) is 0.849. The van der Waals surface area contributed by atoms with E-state index in [4.69, 9.17) is 9.47 Å². The molecule has 0 bridgehead atoms. The van der Waals surface area contributed by atoms with Gasteiger partial charge in [0.15, 0.2) is 11.5 Å². The Morgan fingerprint density at radius 2 is 1.58 bits per heavy atom. The Labute approximate surface area is 153 Å². The maximum absolute atomic E-state index is 12.8. The van der Waals surface area contributed by atoms with E-state index in [-0.39, 0.29) is 10.9 Å². The summed E-state index contributed by atoms with van der Waals surface area (Å²) in [6.45, 7) is 1.83. The summed E-state index contributed by atoms with van der Waals surface area (Å²) in [5, 5.41) is 2.10. The van der Waals surface area contributed by atoms with Crippen molar-refractivity contribution in [1.82, 2.24) is 4.72 Å². The average molecular weight is 371 g/mol. The van der Waals surface area contributed by atoms with Gasteiger partial charge in [-0.3, -0.25) is 0 Å². The minimum atomic E-state index is -3.72. The fraction of sp³-hybridized carbons (Fsp3) is 0.200. The van der Waals surface area contributed by atoms with Crippen LogP contribution in [0.15, 0.2) is 65.6 Å². The number of hydrogen-bond acceptors (Lipinski definition) is 4. The summed E-state index contributed by atoms with van der Waals surface area (Å²) in [7, 11) is -0.740. The summed E-state index contributed by atoms with van der Waals surface area (Å²) in [5.41, 5.74) is 0.923. The number of methoxy groups -OCH3 is 2. The molecule has 0 aliphatic heterocycles. The van der Waals surface area contributed by atoms with Gasteiger partial charge in [0.05, 0.1) is 19.1 Å². The van der Waals surface area contributed by atoms with Crippen molar-refractivity contribution in [1.29, 1.82) is 0 Å². The maximum atomic E-state index is 12.8. The van der Waals surface area contributed by atoms with E-state index in [1.54, 1.807) is 6.07 Å². The number of ether oxygens (including phenoxy) is 2. The van der Waals surface area contributed by atoms with E-state index in [9.17, 15) is 8.42 Å². The molecule has 0 aliphatic carbocycles. The van der Waals surface area contributed by atoms with Crippen LogP contribution < -0.4 is 14.2 Å². The molecule has 26 heavy (non-hydrogen) atoms. The van der Waals surface area contributed by atoms with E-state index in [1.807, 2.05) is 49.4 Å². The number of nitrogens with one attached hydrogen (secondary N) is 1. The van der Waals surface area contributed by atoms with Crippen LogP contribution in [0.4, 0.5) is 0 Å². The van der Waals surface area contributed by atoms with Crippen molar-refractivity contribution in [2.24, 2.45) is 0 Å². The fourth-order valence-corrected chi connectivity index (χ4v) is 4.21. The molecule has 6 heteroatoms. The Bertz CT molecular complexity index is 1030. The lowest BCUT2D eigenvalue weighted by molar-refractivity contribution is 0.354. The van der Waals surface area contributed by atoms with E-state index in [0.717, 1.165) is 16.3 Å². The molecule has 0 radical (unpaired) electrons. The zero-order valence-corrected chi connectivity index (χ0v) is 15.7. The predicted molar refractivity (Wildman–Crippen MR) is 102 cm³/mol. The van der Waals surface area contributed by atoms with Crippen LogP contribution in [0, 0.1) is 0 Å². The summed E-state index contributed by atoms with van der Waals surface area (Å²) in [6.07, 6.45) is 0. The molecular weight excluding hydrogens is 350 g/mol. The maximum Gasteiger partial charge on any atom is 0.241 e. The van der Waals surface area contributed by atoms with Gasteiger partial charge in [0.2, 0.25) is 10.0 Å². The second kappa shape index (κ2) is 7.35. The van der Waals surface area contributed by atoms with Gasteiger partial charge in [-0.15, -0.1) is 0 Å². The van der Waals surface area contributed by atoms with Gasteiger partial charge in [-0.1, -0.05) is 42.5 Å². The third-order valence-corrected chi connectivity index (χ3v) is 5.83. The Hall–Kier alpha value is -2.57. The molecule has 0 aliphatic rings. The highest BCUT2D eigenvalue weighted by Crippen LogP contribution is 2.30. The third-order valence-electron chi connectivity index (χ3n) is 4.29. The smallest absolute Gasteiger partial charge is 0.241 e. The van der Waals surface area contributed by atoms with Gasteiger partial charge < -0.3 is 9.47 Å². The standard InChI is InChI=1S/C20H21NO4S/c1-14(17-10-6-8-15-7-4-5-9-18(15)17)21-26(22,23)16-11-12-19(24-2)20(13-16)25-3/h4-14,21H,1-3H3/t14-/m1/s1. The van der Waals surface area contributed by atoms with Crippen molar-refractivity contribution in [3.05, 3.63) is 66.2 Å². The molecule has 0 aromatic heterocycles. The Morgan fingerprint density at radius 1 is 0.885 bits per heavy atom. The van der Waals surface area contributed by atoms with Crippen LogP contribution >= 0.6 is 0 Å². The molecule has 0 saturated carbocycles. The van der Waals surface area contributed by atoms with Crippen molar-refractivity contribution in [2.75, 3.05) is 14.2 Å². The average Bonchev–Trinajstić information content (AvgIpc) is 2.66. The minimum Gasteiger partial charge on any atom is -0.493 e. The molecule has 0 saturated heterocycles. The molecule has 5 nitrogen and oxygen atoms in total. The van der Waals surface area contributed by atoms with Crippen LogP contribution in [-0.2, 0) is 10.0 Å². The van der Waals surface area contributed by atoms with Crippen molar-refractivity contribution >= 4 is 20.8 Å². The highest BCUT2D eigenvalue weighted by Gasteiger charge is 2.21. The van der Waals surface area contributed by atoms with Gasteiger partial charge in [-0.25, -0.2) is 13.1 Å². The van der Waals surface area contributed by atoms with Crippen LogP contribution in [0.3, 0.4) is 0 Å². The first kappa shape index (κ1) is 18.2. The van der Waals surface area contributed by atoms with Crippen LogP contribution in [0.25, 0.3) is 10.8 Å². The summed E-state index contributed by atoms with van der Waals surface area (Å²) in [6, 6.07) is 17.9. The van der Waals surface area contributed by atoms with Crippen LogP contribution in [0.2, 0.25) is 0 Å². The molecule has 3 aromatic rings. The van der Waals surface area contributed by atoms with E-state index >= 15 is 0 Å². The predicted octanol–water partition coefficient (Wildman–Crippen LogP) is 3.90. The molecule has 1 atom stereocenters. The van der Waals surface area contributed by atoms with E-state index < -0.39 is 10.0 Å². The monoisotopic (exact) mass is 371 g/mol. The molecule has 0 fully saturated rings. The van der Waals surface area contributed by atoms with Gasteiger partial charge in [-0.05, 0) is 35.4 Å². The molecule has 0 unspecified atom stereocenters. The van der Waals surface area contributed by atoms with Gasteiger partial charge >= 0.3 is 0 Å². The minimum absolute atomic E-state index is 0.127. The molecule has 0 amide bonds. The molecule has 0 spiro atoms. The van der Waals surface area contributed by atoms with Crippen LogP contribution in [-0.4, -0.2) is 22.6 Å². The molecule has 1 N–H and O–H groups in total. The van der Waals surface area contributed by atoms with Crippen molar-refractivity contribution < 1.29 is 17.9 Å². The third kappa shape index (κ3) is 3.52. The zero-order valence-electron chi connectivity index (χ0n) is 14.9. The van der Waals surface area contributed by atoms with Crippen LogP contribution in [0.1, 0.15) is 18.5 Å². The Morgan fingerprint density at radius 3 is 2.31 bits per heavy atom. The molecule has 3 aromatic carbocycles. The van der Waals surface area contributed by atoms with Crippen LogP contribution in [0.5, 0.6) is 11.5 Å². The normalized spacial score (nSPS) is 12.7. The zero-order chi connectivity index (χ0) is 18.7. The van der Waals surface area contributed by atoms with Crippen molar-refractivity contribution in [3.63, 3.8) is 0 Å². The van der Waals surface area contributed by atoms with Crippen molar-refractivity contribution in [2.45, 2.75) is 17.9 Å². The number of rotatable bonds is 6. The first-order valence-electron chi connectivity index (χ1n) is 8.18. The second-order valence-electron chi connectivity index (χ2n) is 5.93. The molecule has 3 rings (SSSR count). The van der Waals surface area contributed by atoms with E-state index in [0.29, 0.717) is 11.5 Å². The molecule has 136 valence electrons. The quantitative estimate of drug-likeness (QED) is 0.714. The summed E-state index contributed by atoms with van der Waals surface area (Å²) in [4.78, 5) is 0.127. The first-order chi connectivity index (χ1) is 12.5. The van der Waals surface area contributed by atoms with Gasteiger partial charge in [0, 0.05) is 12.1 Å². The van der Waals surface area contributed by atoms with Gasteiger partial charge in [-0.2, -0.15) is 0 Å². The summed E-state index contributed by atoms with van der Waals surface area (Å²) < 4.78 is 38.7. The fourth-order valence-electron chi connectivity index (χ4n) is 2.98. The van der Waals surface area contributed by atoms with Crippen molar-refractivity contribution in [3.8, 4) is 11.5 Å². The number of hydrogen-bond donors (Lipinski definition) is 1. The number of sulfonamides is 1. The number of benzene rings is 3. The lowest BCUT2D eigenvalue weighted by atomic mass is 10.0. The molecular formula is C20H21NO4S. The largest absolute Gasteiger partial charge is 0.493 e. The van der Waals surface area contributed by atoms with E-state index in [2.05, 4.69) is 4.72 Å². The first-order valence-corrected chi connectivity index (χ1v) is 9.66. The topological polar surface area (TPSA) is 64.6 Å². The highest BCUT2D eigenvalue weighted by atomic mass is 32.2. The Balaban J connectivity index is 1.94. The van der Waals surface area contributed by atoms with E-state index in [1.165, 1.54) is 26.4 Å². The SMILES string of the molecule is COc1ccc(S(=O)(=O)N[C@H](C)c2cccc3ccccc23)cc1OC. The van der Waals surface area contributed by atoms with Gasteiger partial charge in [0.25, 0.3) is 0 Å². The summed E-state index contributed by atoms with van der Waals surface area (Å²) >= 11 is 0. The second-order valence-corrected chi connectivity index (χ2v) is 7.64. The number of fused-ring (bicyclic) bond motifs is 1. The highest BCUT2D eigenvalue weighted by molar-refractivity contribution is 7.89.